The van der Waals surface area contributed by atoms with E-state index in [1.807, 2.05) is 13.8 Å². The third-order valence-electron chi connectivity index (χ3n) is 6.25. The molecule has 0 saturated carbocycles. The van der Waals surface area contributed by atoms with Crippen LogP contribution in [0.15, 0.2) is 53.4 Å². The van der Waals surface area contributed by atoms with E-state index < -0.39 is 44.9 Å². The molecular formula is C23H26ClFN4O4S. The fourth-order valence-corrected chi connectivity index (χ4v) is 6.31. The molecule has 0 radical (unpaired) electrons. The molecule has 0 aromatic heterocycles. The summed E-state index contributed by atoms with van der Waals surface area (Å²) < 4.78 is 42.7. The number of nitrogens with zero attached hydrogens (tertiary/aromatic N) is 3. The lowest BCUT2D eigenvalue weighted by Gasteiger charge is -2.53. The average Bonchev–Trinajstić information content (AvgIpc) is 2.78. The Labute approximate surface area is 203 Å². The van der Waals surface area contributed by atoms with E-state index in [1.165, 1.54) is 23.1 Å². The van der Waals surface area contributed by atoms with Gasteiger partial charge in [0.15, 0.2) is 0 Å². The third kappa shape index (κ3) is 4.31. The number of nitrogens with two attached hydrogens (primary N) is 1. The molecule has 0 aliphatic carbocycles. The van der Waals surface area contributed by atoms with Gasteiger partial charge in [-0.15, -0.1) is 0 Å². The smallest absolute Gasteiger partial charge is 0.247 e. The lowest BCUT2D eigenvalue weighted by Crippen LogP contribution is -2.76. The summed E-state index contributed by atoms with van der Waals surface area (Å²) in [6.07, 6.45) is -0.865. The second-order valence-corrected chi connectivity index (χ2v) is 11.1. The summed E-state index contributed by atoms with van der Waals surface area (Å²) in [4.78, 5) is 29.0. The van der Waals surface area contributed by atoms with Crippen LogP contribution in [-0.4, -0.2) is 71.7 Å². The first-order valence-electron chi connectivity index (χ1n) is 10.9. The summed E-state index contributed by atoms with van der Waals surface area (Å²) in [6, 6.07) is 9.52. The zero-order chi connectivity index (χ0) is 24.8. The lowest BCUT2D eigenvalue weighted by atomic mass is 9.96. The minimum absolute atomic E-state index is 0.0419. The van der Waals surface area contributed by atoms with Gasteiger partial charge >= 0.3 is 0 Å². The second kappa shape index (κ2) is 9.26. The summed E-state index contributed by atoms with van der Waals surface area (Å²) in [7, 11) is -4.36. The summed E-state index contributed by atoms with van der Waals surface area (Å²) in [5.74, 6) is -1.71. The number of fused-ring (bicyclic) bond motifs is 1. The second-order valence-electron chi connectivity index (χ2n) is 8.77. The monoisotopic (exact) mass is 508 g/mol. The van der Waals surface area contributed by atoms with Crippen molar-refractivity contribution < 1.29 is 22.4 Å². The number of carbonyl (C=O) groups excluding carboxylic acids is 2. The van der Waals surface area contributed by atoms with E-state index in [0.717, 1.165) is 15.9 Å². The Kier molecular flexibility index (Phi) is 6.69. The number of piperazine rings is 1. The zero-order valence-electron chi connectivity index (χ0n) is 18.8. The standard InChI is InChI=1S/C23H26ClFN4O4S/c1-14(2)27-13-21-28(34(32,33)20-6-4-3-5-17(20)25)12-18(26)22(30)29(21)19(23(27)31)11-15-7-9-16(24)10-8-15/h3-10,14,18-19,21H,11-13,26H2,1-2H3. The van der Waals surface area contributed by atoms with E-state index in [1.54, 1.807) is 29.2 Å². The molecule has 2 amide bonds. The van der Waals surface area contributed by atoms with Crippen molar-refractivity contribution in [3.8, 4) is 0 Å². The van der Waals surface area contributed by atoms with Gasteiger partial charge in [-0.2, -0.15) is 4.31 Å². The van der Waals surface area contributed by atoms with Gasteiger partial charge < -0.3 is 15.5 Å². The Morgan fingerprint density at radius 3 is 2.32 bits per heavy atom. The highest BCUT2D eigenvalue weighted by molar-refractivity contribution is 7.89. The van der Waals surface area contributed by atoms with E-state index in [2.05, 4.69) is 0 Å². The highest BCUT2D eigenvalue weighted by Crippen LogP contribution is 2.32. The lowest BCUT2D eigenvalue weighted by molar-refractivity contribution is -0.167. The summed E-state index contributed by atoms with van der Waals surface area (Å²) in [5, 5.41) is 0.527. The van der Waals surface area contributed by atoms with Crippen LogP contribution in [0.2, 0.25) is 5.02 Å². The molecule has 8 nitrogen and oxygen atoms in total. The van der Waals surface area contributed by atoms with Gasteiger partial charge in [-0.1, -0.05) is 35.9 Å². The van der Waals surface area contributed by atoms with Crippen molar-refractivity contribution in [2.24, 2.45) is 5.73 Å². The SMILES string of the molecule is CC(C)N1CC2N(C(=O)C(N)CN2S(=O)(=O)c2ccccc2F)C(Cc2ccc(Cl)cc2)C1=O. The largest absolute Gasteiger partial charge is 0.335 e. The molecule has 3 unspecified atom stereocenters. The van der Waals surface area contributed by atoms with Crippen LogP contribution in [0.5, 0.6) is 0 Å². The van der Waals surface area contributed by atoms with Gasteiger partial charge in [-0.25, -0.2) is 12.8 Å². The summed E-state index contributed by atoms with van der Waals surface area (Å²) in [5.41, 5.74) is 6.82. The van der Waals surface area contributed by atoms with E-state index >= 15 is 0 Å². The third-order valence-corrected chi connectivity index (χ3v) is 8.40. The molecule has 2 saturated heterocycles. The minimum atomic E-state index is -4.36. The predicted octanol–water partition coefficient (Wildman–Crippen LogP) is 1.83. The number of hydrogen-bond acceptors (Lipinski definition) is 5. The van der Waals surface area contributed by atoms with Crippen molar-refractivity contribution in [3.05, 3.63) is 64.9 Å². The average molecular weight is 509 g/mol. The van der Waals surface area contributed by atoms with Crippen LogP contribution < -0.4 is 5.73 Å². The van der Waals surface area contributed by atoms with Crippen LogP contribution in [0.25, 0.3) is 0 Å². The Bertz CT molecular complexity index is 1210. The van der Waals surface area contributed by atoms with Gasteiger partial charge in [0.25, 0.3) is 0 Å². The first-order chi connectivity index (χ1) is 16.0. The highest BCUT2D eigenvalue weighted by atomic mass is 35.5. The predicted molar refractivity (Wildman–Crippen MR) is 125 cm³/mol. The van der Waals surface area contributed by atoms with Crippen LogP contribution >= 0.6 is 11.6 Å². The molecule has 2 N–H and O–H groups in total. The van der Waals surface area contributed by atoms with Crippen molar-refractivity contribution in [3.63, 3.8) is 0 Å². The highest BCUT2D eigenvalue weighted by Gasteiger charge is 2.53. The van der Waals surface area contributed by atoms with Crippen molar-refractivity contribution >= 4 is 33.4 Å². The van der Waals surface area contributed by atoms with Gasteiger partial charge in [0.05, 0.1) is 12.6 Å². The summed E-state index contributed by atoms with van der Waals surface area (Å²) in [6.45, 7) is 3.28. The first-order valence-corrected chi connectivity index (χ1v) is 12.7. The maximum absolute atomic E-state index is 14.5. The molecule has 11 heteroatoms. The number of benzene rings is 2. The molecule has 2 aromatic carbocycles. The van der Waals surface area contributed by atoms with Gasteiger partial charge in [-0.05, 0) is 43.7 Å². The normalized spacial score (nSPS) is 24.0. The van der Waals surface area contributed by atoms with Gasteiger partial charge in [0.2, 0.25) is 21.8 Å². The Hall–Kier alpha value is -2.53. The van der Waals surface area contributed by atoms with Crippen LogP contribution in [0.1, 0.15) is 19.4 Å². The van der Waals surface area contributed by atoms with Gasteiger partial charge in [-0.3, -0.25) is 9.59 Å². The van der Waals surface area contributed by atoms with Crippen molar-refractivity contribution in [2.75, 3.05) is 13.1 Å². The fourth-order valence-electron chi connectivity index (χ4n) is 4.52. The molecule has 2 aliphatic rings. The Morgan fingerprint density at radius 1 is 1.06 bits per heavy atom. The Balaban J connectivity index is 1.80. The number of rotatable bonds is 5. The van der Waals surface area contributed by atoms with Gasteiger partial charge in [0, 0.05) is 24.0 Å². The molecule has 0 bridgehead atoms. The zero-order valence-corrected chi connectivity index (χ0v) is 20.3. The van der Waals surface area contributed by atoms with E-state index in [0.29, 0.717) is 5.02 Å². The molecule has 3 atom stereocenters. The molecule has 182 valence electrons. The number of sulfonamides is 1. The molecule has 2 fully saturated rings. The first kappa shape index (κ1) is 24.6. The molecule has 2 heterocycles. The fraction of sp³-hybridized carbons (Fsp3) is 0.391. The number of hydrogen-bond donors (Lipinski definition) is 1. The molecule has 34 heavy (non-hydrogen) atoms. The maximum atomic E-state index is 14.5. The maximum Gasteiger partial charge on any atom is 0.247 e. The summed E-state index contributed by atoms with van der Waals surface area (Å²) >= 11 is 5.98. The van der Waals surface area contributed by atoms with E-state index in [9.17, 15) is 22.4 Å². The molecule has 4 rings (SSSR count). The van der Waals surface area contributed by atoms with Gasteiger partial charge in [0.1, 0.15) is 22.9 Å². The number of carbonyl (C=O) groups is 2. The topological polar surface area (TPSA) is 104 Å². The van der Waals surface area contributed by atoms with Crippen LogP contribution in [0.3, 0.4) is 0 Å². The van der Waals surface area contributed by atoms with Crippen molar-refractivity contribution in [2.45, 2.75) is 49.5 Å². The Morgan fingerprint density at radius 2 is 1.71 bits per heavy atom. The van der Waals surface area contributed by atoms with E-state index in [-0.39, 0.29) is 31.5 Å². The molecule has 2 aliphatic heterocycles. The van der Waals surface area contributed by atoms with Crippen molar-refractivity contribution in [1.82, 2.24) is 14.1 Å². The number of amides is 2. The van der Waals surface area contributed by atoms with Crippen LogP contribution in [-0.2, 0) is 26.0 Å². The molecule has 0 spiro atoms. The van der Waals surface area contributed by atoms with Crippen LogP contribution in [0.4, 0.5) is 4.39 Å². The minimum Gasteiger partial charge on any atom is -0.335 e. The number of halogens is 2. The van der Waals surface area contributed by atoms with Crippen LogP contribution in [0, 0.1) is 5.82 Å². The van der Waals surface area contributed by atoms with E-state index in [4.69, 9.17) is 17.3 Å². The molecular weight excluding hydrogens is 483 g/mol. The quantitative estimate of drug-likeness (QED) is 0.663. The van der Waals surface area contributed by atoms with Crippen molar-refractivity contribution in [1.29, 1.82) is 0 Å². The molecule has 2 aromatic rings.